The molecule has 40 heavy (non-hydrogen) atoms. The summed E-state index contributed by atoms with van der Waals surface area (Å²) in [6.45, 7) is 3.36. The molecule has 2 unspecified atom stereocenters. The summed E-state index contributed by atoms with van der Waals surface area (Å²) < 4.78 is 48.0. The summed E-state index contributed by atoms with van der Waals surface area (Å²) in [5.41, 5.74) is 9.27. The van der Waals surface area contributed by atoms with Crippen LogP contribution in [0.15, 0.2) is 53.5 Å². The Balaban J connectivity index is 1.39. The molecule has 0 saturated carbocycles. The van der Waals surface area contributed by atoms with Crippen LogP contribution in [0.25, 0.3) is 11.1 Å². The molecule has 0 spiro atoms. The fraction of sp³-hybridized carbons (Fsp3) is 0.467. The van der Waals surface area contributed by atoms with Crippen molar-refractivity contribution in [2.75, 3.05) is 26.8 Å². The number of amides is 1. The highest BCUT2D eigenvalue weighted by atomic mass is 19.4. The van der Waals surface area contributed by atoms with Gasteiger partial charge in [-0.2, -0.15) is 13.2 Å². The van der Waals surface area contributed by atoms with Gasteiger partial charge in [0.25, 0.3) is 0 Å². The van der Waals surface area contributed by atoms with Crippen LogP contribution in [-0.2, 0) is 28.7 Å². The van der Waals surface area contributed by atoms with Crippen LogP contribution in [0.5, 0.6) is 0 Å². The number of pyridine rings is 1. The highest BCUT2D eigenvalue weighted by Gasteiger charge is 2.37. The van der Waals surface area contributed by atoms with Crippen LogP contribution in [0.3, 0.4) is 0 Å². The molecule has 2 atom stereocenters. The molecular weight excluding hydrogens is 521 g/mol. The third-order valence-corrected chi connectivity index (χ3v) is 7.63. The molecule has 4 rings (SSSR count). The molecule has 216 valence electrons. The van der Waals surface area contributed by atoms with Gasteiger partial charge in [-0.1, -0.05) is 24.3 Å². The van der Waals surface area contributed by atoms with Crippen molar-refractivity contribution in [1.82, 2.24) is 14.5 Å². The van der Waals surface area contributed by atoms with Crippen LogP contribution in [0.2, 0.25) is 0 Å². The lowest BCUT2D eigenvalue weighted by Crippen LogP contribution is -2.42. The van der Waals surface area contributed by atoms with Gasteiger partial charge < -0.3 is 24.9 Å². The molecule has 0 radical (unpaired) electrons. The van der Waals surface area contributed by atoms with Gasteiger partial charge in [-0.3, -0.25) is 9.59 Å². The van der Waals surface area contributed by atoms with Gasteiger partial charge >= 0.3 is 6.18 Å². The summed E-state index contributed by atoms with van der Waals surface area (Å²) in [7, 11) is 1.57. The number of aromatic nitrogens is 2. The summed E-state index contributed by atoms with van der Waals surface area (Å²) in [4.78, 5) is 28.9. The van der Waals surface area contributed by atoms with Gasteiger partial charge in [0.2, 0.25) is 11.5 Å². The molecule has 1 fully saturated rings. The Bertz CT molecular complexity index is 1330. The normalized spacial score (nSPS) is 16.8. The van der Waals surface area contributed by atoms with E-state index in [4.69, 9.17) is 10.5 Å². The molecule has 1 aliphatic rings. The quantitative estimate of drug-likeness (QED) is 0.347. The van der Waals surface area contributed by atoms with E-state index in [2.05, 4.69) is 4.98 Å². The number of H-pyrrole nitrogens is 1. The molecule has 1 aliphatic heterocycles. The van der Waals surface area contributed by atoms with Crippen LogP contribution in [0.1, 0.15) is 54.1 Å². The molecule has 7 nitrogen and oxygen atoms in total. The number of benzene rings is 1. The van der Waals surface area contributed by atoms with Crippen molar-refractivity contribution in [3.05, 3.63) is 81.5 Å². The van der Waals surface area contributed by atoms with Crippen molar-refractivity contribution in [3.8, 4) is 11.1 Å². The number of nitrogens with one attached hydrogen (secondary N) is 1. The molecule has 3 N–H and O–H groups in total. The average Bonchev–Trinajstić information content (AvgIpc) is 3.26. The fourth-order valence-electron chi connectivity index (χ4n) is 5.56. The van der Waals surface area contributed by atoms with Crippen LogP contribution >= 0.6 is 0 Å². The molecule has 1 saturated heterocycles. The summed E-state index contributed by atoms with van der Waals surface area (Å²) in [6.07, 6.45) is -0.0340. The SMILES string of the molecule is COCCCn1c(C2CCCN(C(=O)CC(N)Cc3ccc(-c4ccc(=O)[nH]c4)cc3)C2)cc(C(F)(F)F)c1C. The second-order valence-electron chi connectivity index (χ2n) is 10.5. The smallest absolute Gasteiger partial charge is 0.385 e. The fourth-order valence-corrected chi connectivity index (χ4v) is 5.56. The first-order valence-corrected chi connectivity index (χ1v) is 13.6. The minimum Gasteiger partial charge on any atom is -0.385 e. The number of nitrogens with zero attached hydrogens (tertiary/aromatic N) is 2. The molecule has 3 heterocycles. The summed E-state index contributed by atoms with van der Waals surface area (Å²) in [5, 5.41) is 0. The molecular formula is C30H37F3N4O3. The number of rotatable bonds is 10. The summed E-state index contributed by atoms with van der Waals surface area (Å²) in [5.74, 6) is -0.251. The maximum absolute atomic E-state index is 13.7. The third kappa shape index (κ3) is 7.22. The Morgan fingerprint density at radius 3 is 2.55 bits per heavy atom. The van der Waals surface area contributed by atoms with Crippen molar-refractivity contribution in [3.63, 3.8) is 0 Å². The number of carbonyl (C=O) groups excluding carboxylic acids is 1. The Morgan fingerprint density at radius 2 is 1.90 bits per heavy atom. The zero-order chi connectivity index (χ0) is 28.9. The van der Waals surface area contributed by atoms with E-state index in [0.717, 1.165) is 29.5 Å². The number of nitrogens with two attached hydrogens (primary N) is 1. The molecule has 2 aromatic heterocycles. The van der Waals surface area contributed by atoms with E-state index in [1.807, 2.05) is 24.3 Å². The number of halogens is 3. The lowest BCUT2D eigenvalue weighted by atomic mass is 9.93. The first-order valence-electron chi connectivity index (χ1n) is 13.6. The van der Waals surface area contributed by atoms with Crippen molar-refractivity contribution in [2.45, 2.75) is 63.7 Å². The van der Waals surface area contributed by atoms with Crippen molar-refractivity contribution >= 4 is 5.91 Å². The van der Waals surface area contributed by atoms with Gasteiger partial charge in [0, 0.05) is 75.4 Å². The number of aromatic amines is 1. The monoisotopic (exact) mass is 558 g/mol. The first-order chi connectivity index (χ1) is 19.1. The van der Waals surface area contributed by atoms with E-state index in [1.54, 1.807) is 28.8 Å². The lowest BCUT2D eigenvalue weighted by Gasteiger charge is -2.34. The highest BCUT2D eigenvalue weighted by molar-refractivity contribution is 5.77. The number of hydrogen-bond acceptors (Lipinski definition) is 4. The third-order valence-electron chi connectivity index (χ3n) is 7.63. The van der Waals surface area contributed by atoms with Crippen LogP contribution in [0, 0.1) is 6.92 Å². The number of carbonyl (C=O) groups is 1. The molecule has 3 aromatic rings. The van der Waals surface area contributed by atoms with E-state index in [0.29, 0.717) is 44.8 Å². The number of alkyl halides is 3. The Labute approximate surface area is 232 Å². The molecule has 10 heteroatoms. The largest absolute Gasteiger partial charge is 0.418 e. The standard InChI is InChI=1S/C30H37F3N4O3/c1-20-26(30(31,32)33)17-27(37(20)13-4-14-40-2)24-5-3-12-36(19-24)29(39)16-25(34)15-21-6-8-22(9-7-21)23-10-11-28(38)35-18-23/h6-11,17-18,24-25H,3-5,12-16,19,34H2,1-2H3,(H,35,38). The zero-order valence-electron chi connectivity index (χ0n) is 23.0. The first kappa shape index (κ1) is 29.6. The highest BCUT2D eigenvalue weighted by Crippen LogP contribution is 2.38. The molecule has 0 bridgehead atoms. The molecule has 0 aliphatic carbocycles. The second-order valence-corrected chi connectivity index (χ2v) is 10.5. The molecule has 1 aromatic carbocycles. The zero-order valence-corrected chi connectivity index (χ0v) is 23.0. The maximum atomic E-state index is 13.7. The Kier molecular flexibility index (Phi) is 9.52. The predicted molar refractivity (Wildman–Crippen MR) is 148 cm³/mol. The molecule has 1 amide bonds. The van der Waals surface area contributed by atoms with Gasteiger partial charge in [-0.15, -0.1) is 0 Å². The number of hydrogen-bond donors (Lipinski definition) is 2. The van der Waals surface area contributed by atoms with Gasteiger partial charge in [0.1, 0.15) is 0 Å². The summed E-state index contributed by atoms with van der Waals surface area (Å²) in [6, 6.07) is 11.9. The van der Waals surface area contributed by atoms with Crippen LogP contribution in [0.4, 0.5) is 13.2 Å². The lowest BCUT2D eigenvalue weighted by molar-refractivity contribution is -0.138. The van der Waals surface area contributed by atoms with E-state index in [1.165, 1.54) is 19.1 Å². The van der Waals surface area contributed by atoms with Gasteiger partial charge in [0.05, 0.1) is 5.56 Å². The van der Waals surface area contributed by atoms with Gasteiger partial charge in [-0.05, 0) is 61.4 Å². The topological polar surface area (TPSA) is 93.3 Å². The van der Waals surface area contributed by atoms with Crippen molar-refractivity contribution in [1.29, 1.82) is 0 Å². The Hall–Kier alpha value is -3.37. The van der Waals surface area contributed by atoms with E-state index < -0.39 is 11.7 Å². The van der Waals surface area contributed by atoms with E-state index in [9.17, 15) is 22.8 Å². The summed E-state index contributed by atoms with van der Waals surface area (Å²) >= 11 is 0. The number of likely N-dealkylation sites (tertiary alicyclic amines) is 1. The van der Waals surface area contributed by atoms with Crippen molar-refractivity contribution < 1.29 is 22.7 Å². The number of piperidine rings is 1. The average molecular weight is 559 g/mol. The second kappa shape index (κ2) is 12.9. The number of ether oxygens (including phenoxy) is 1. The van der Waals surface area contributed by atoms with Gasteiger partial charge in [0.15, 0.2) is 0 Å². The maximum Gasteiger partial charge on any atom is 0.418 e. The van der Waals surface area contributed by atoms with E-state index >= 15 is 0 Å². The Morgan fingerprint density at radius 1 is 1.18 bits per heavy atom. The van der Waals surface area contributed by atoms with E-state index in [-0.39, 0.29) is 35.5 Å². The van der Waals surface area contributed by atoms with Crippen LogP contribution in [-0.4, -0.2) is 53.2 Å². The van der Waals surface area contributed by atoms with Crippen molar-refractivity contribution in [2.24, 2.45) is 5.73 Å². The predicted octanol–water partition coefficient (Wildman–Crippen LogP) is 4.87. The minimum atomic E-state index is -4.43. The van der Waals surface area contributed by atoms with Crippen LogP contribution < -0.4 is 11.3 Å². The number of methoxy groups -OCH3 is 1. The van der Waals surface area contributed by atoms with Gasteiger partial charge in [-0.25, -0.2) is 0 Å². The minimum absolute atomic E-state index is 0.0766.